The highest BCUT2D eigenvalue weighted by molar-refractivity contribution is 9.10. The standard InChI is InChI=1S/C29H37BrN2O5/c1-5-27(3)18(12-16(2)33)6-7-19-20-14-23-29(22(35)8-10-31,28(20,4)15-21(34)25(19)27)37-26(36-23)17-9-11-32-24(30)13-17/h9,11,13,18-21,23,25-26,34H,5-8,12,14-15H2,1-4H3/t18?,19-,20-,21-,23+,25+,26?,27-,28-,29+/m0/s1. The second-order valence-corrected chi connectivity index (χ2v) is 13.1. The average Bonchev–Trinajstić information content (AvgIpc) is 3.34. The molecule has 3 saturated carbocycles. The van der Waals surface area contributed by atoms with E-state index in [1.807, 2.05) is 18.2 Å². The number of fused-ring (bicyclic) bond motifs is 5. The van der Waals surface area contributed by atoms with Gasteiger partial charge in [0.1, 0.15) is 10.4 Å². The van der Waals surface area contributed by atoms with Gasteiger partial charge in [-0.3, -0.25) is 4.79 Å². The molecule has 1 aromatic heterocycles. The molecule has 0 amide bonds. The van der Waals surface area contributed by atoms with Crippen LogP contribution in [0.5, 0.6) is 0 Å². The van der Waals surface area contributed by atoms with Gasteiger partial charge in [0.25, 0.3) is 0 Å². The number of ketones is 2. The van der Waals surface area contributed by atoms with Gasteiger partial charge in [-0.15, -0.1) is 0 Å². The van der Waals surface area contributed by atoms with Crippen LogP contribution in [0.25, 0.3) is 0 Å². The Bertz CT molecular complexity index is 1140. The van der Waals surface area contributed by atoms with Crippen LogP contribution in [-0.2, 0) is 19.1 Å². The molecule has 0 radical (unpaired) electrons. The summed E-state index contributed by atoms with van der Waals surface area (Å²) in [6.45, 7) is 8.15. The van der Waals surface area contributed by atoms with Crippen LogP contribution in [0.4, 0.5) is 0 Å². The molecule has 7 nitrogen and oxygen atoms in total. The zero-order valence-corrected chi connectivity index (χ0v) is 23.7. The van der Waals surface area contributed by atoms with Gasteiger partial charge >= 0.3 is 0 Å². The first-order valence-corrected chi connectivity index (χ1v) is 14.3. The van der Waals surface area contributed by atoms with Crippen LogP contribution in [0.1, 0.15) is 84.5 Å². The van der Waals surface area contributed by atoms with Gasteiger partial charge in [-0.2, -0.15) is 5.26 Å². The quantitative estimate of drug-likeness (QED) is 0.460. The van der Waals surface area contributed by atoms with Gasteiger partial charge in [0.2, 0.25) is 0 Å². The number of aliphatic hydroxyl groups excluding tert-OH is 1. The molecule has 1 aromatic rings. The number of Topliss-reactive ketones (excluding diaryl/α,β-unsaturated/α-hetero) is 2. The molecule has 8 heteroatoms. The lowest BCUT2D eigenvalue weighted by atomic mass is 9.44. The number of aliphatic hydroxyl groups is 1. The van der Waals surface area contributed by atoms with Crippen LogP contribution < -0.4 is 0 Å². The Hall–Kier alpha value is -1.66. The number of nitriles is 1. The summed E-state index contributed by atoms with van der Waals surface area (Å²) in [7, 11) is 0. The molecule has 37 heavy (non-hydrogen) atoms. The molecule has 0 aromatic carbocycles. The van der Waals surface area contributed by atoms with E-state index in [0.29, 0.717) is 23.9 Å². The SMILES string of the molecule is CC[C@@]1(C)C(CC(C)=O)CC[C@@H]2[C@@H]1[C@@H](O)C[C@@]1(C)[C@H]2C[C@H]2OC(c3ccnc(Br)c3)O[C@]21C(=O)CC#N. The number of carbonyl (C=O) groups is 2. The van der Waals surface area contributed by atoms with E-state index < -0.39 is 29.5 Å². The predicted octanol–water partition coefficient (Wildman–Crippen LogP) is 5.31. The highest BCUT2D eigenvalue weighted by Crippen LogP contribution is 2.70. The van der Waals surface area contributed by atoms with Crippen LogP contribution in [-0.4, -0.2) is 39.5 Å². The summed E-state index contributed by atoms with van der Waals surface area (Å²) in [5.74, 6) is 0.540. The molecular formula is C29H37BrN2O5. The van der Waals surface area contributed by atoms with E-state index in [0.717, 1.165) is 24.8 Å². The van der Waals surface area contributed by atoms with Crippen LogP contribution in [0.3, 0.4) is 0 Å². The van der Waals surface area contributed by atoms with Crippen molar-refractivity contribution in [3.05, 3.63) is 28.5 Å². The first-order valence-electron chi connectivity index (χ1n) is 13.5. The Kier molecular flexibility index (Phi) is 6.92. The number of hydrogen-bond acceptors (Lipinski definition) is 7. The molecule has 5 rings (SSSR count). The molecule has 0 bridgehead atoms. The number of pyridine rings is 1. The fourth-order valence-electron chi connectivity index (χ4n) is 9.04. The van der Waals surface area contributed by atoms with E-state index in [2.05, 4.69) is 41.7 Å². The normalized spacial score (nSPS) is 44.4. The summed E-state index contributed by atoms with van der Waals surface area (Å²) >= 11 is 3.40. The van der Waals surface area contributed by atoms with E-state index >= 15 is 0 Å². The second-order valence-electron chi connectivity index (χ2n) is 12.2. The molecule has 4 aliphatic rings. The maximum absolute atomic E-state index is 13.8. The fraction of sp³-hybridized carbons (Fsp3) is 0.724. The number of hydrogen-bond donors (Lipinski definition) is 1. The fourth-order valence-corrected chi connectivity index (χ4v) is 9.43. The smallest absolute Gasteiger partial charge is 0.185 e. The summed E-state index contributed by atoms with van der Waals surface area (Å²) in [6.07, 6.45) is 3.88. The Morgan fingerprint density at radius 3 is 2.73 bits per heavy atom. The van der Waals surface area contributed by atoms with Gasteiger partial charge < -0.3 is 19.4 Å². The van der Waals surface area contributed by atoms with Crippen LogP contribution in [0.2, 0.25) is 0 Å². The molecule has 3 aliphatic carbocycles. The first kappa shape index (κ1) is 26.9. The topological polar surface area (TPSA) is 110 Å². The second kappa shape index (κ2) is 9.51. The van der Waals surface area contributed by atoms with E-state index in [1.165, 1.54) is 0 Å². The molecule has 2 unspecified atom stereocenters. The lowest BCUT2D eigenvalue weighted by molar-refractivity contribution is -0.212. The van der Waals surface area contributed by atoms with E-state index in [-0.39, 0.29) is 47.1 Å². The van der Waals surface area contributed by atoms with Crippen molar-refractivity contribution in [1.29, 1.82) is 5.26 Å². The van der Waals surface area contributed by atoms with Crippen molar-refractivity contribution in [2.75, 3.05) is 0 Å². The van der Waals surface area contributed by atoms with Crippen LogP contribution in [0.15, 0.2) is 22.9 Å². The highest BCUT2D eigenvalue weighted by atomic mass is 79.9. The van der Waals surface area contributed by atoms with E-state index in [4.69, 9.17) is 9.47 Å². The first-order chi connectivity index (χ1) is 17.5. The lowest BCUT2D eigenvalue weighted by Gasteiger charge is -2.61. The molecule has 4 fully saturated rings. The summed E-state index contributed by atoms with van der Waals surface area (Å²) in [4.78, 5) is 30.1. The Morgan fingerprint density at radius 2 is 2.08 bits per heavy atom. The molecule has 200 valence electrons. The Labute approximate surface area is 227 Å². The van der Waals surface area contributed by atoms with Gasteiger partial charge in [0.15, 0.2) is 17.7 Å². The highest BCUT2D eigenvalue weighted by Gasteiger charge is 2.76. The van der Waals surface area contributed by atoms with Crippen molar-refractivity contribution < 1.29 is 24.2 Å². The van der Waals surface area contributed by atoms with Crippen molar-refractivity contribution in [2.45, 2.75) is 96.7 Å². The van der Waals surface area contributed by atoms with Gasteiger partial charge in [-0.25, -0.2) is 4.98 Å². The van der Waals surface area contributed by atoms with Crippen molar-refractivity contribution in [3.8, 4) is 6.07 Å². The summed E-state index contributed by atoms with van der Waals surface area (Å²) in [5.41, 5.74) is -1.37. The van der Waals surface area contributed by atoms with Gasteiger partial charge in [-0.05, 0) is 89.8 Å². The molecule has 2 heterocycles. The third kappa shape index (κ3) is 3.87. The molecule has 1 aliphatic heterocycles. The average molecular weight is 574 g/mol. The molecule has 0 spiro atoms. The van der Waals surface area contributed by atoms with Gasteiger partial charge in [0, 0.05) is 23.6 Å². The zero-order chi connectivity index (χ0) is 26.8. The third-order valence-electron chi connectivity index (χ3n) is 10.7. The summed E-state index contributed by atoms with van der Waals surface area (Å²) in [6, 6.07) is 5.68. The van der Waals surface area contributed by atoms with Crippen LogP contribution in [0, 0.1) is 45.8 Å². The molecule has 10 atom stereocenters. The number of halogens is 1. The molecule has 1 N–H and O–H groups in total. The molecule has 1 saturated heterocycles. The van der Waals surface area contributed by atoms with Crippen molar-refractivity contribution in [3.63, 3.8) is 0 Å². The number of nitrogens with zero attached hydrogens (tertiary/aromatic N) is 2. The summed E-state index contributed by atoms with van der Waals surface area (Å²) < 4.78 is 13.8. The minimum Gasteiger partial charge on any atom is -0.393 e. The molecular weight excluding hydrogens is 536 g/mol. The largest absolute Gasteiger partial charge is 0.393 e. The third-order valence-corrected chi connectivity index (χ3v) is 11.1. The minimum atomic E-state index is -1.29. The zero-order valence-electron chi connectivity index (χ0n) is 22.1. The van der Waals surface area contributed by atoms with Crippen molar-refractivity contribution in [2.24, 2.45) is 34.5 Å². The van der Waals surface area contributed by atoms with E-state index in [1.54, 1.807) is 13.1 Å². The van der Waals surface area contributed by atoms with Gasteiger partial charge in [0.05, 0.1) is 24.7 Å². The van der Waals surface area contributed by atoms with Crippen molar-refractivity contribution >= 4 is 27.5 Å². The predicted molar refractivity (Wildman–Crippen MR) is 139 cm³/mol. The maximum atomic E-state index is 13.8. The van der Waals surface area contributed by atoms with Crippen LogP contribution >= 0.6 is 15.9 Å². The maximum Gasteiger partial charge on any atom is 0.185 e. The summed E-state index contributed by atoms with van der Waals surface area (Å²) in [5, 5.41) is 21.3. The lowest BCUT2D eigenvalue weighted by Crippen LogP contribution is -2.63. The number of carbonyl (C=O) groups excluding carboxylic acids is 2. The van der Waals surface area contributed by atoms with Gasteiger partial charge in [-0.1, -0.05) is 27.2 Å². The Balaban J connectivity index is 1.54. The number of ether oxygens (including phenoxy) is 2. The Morgan fingerprint density at radius 1 is 1.32 bits per heavy atom. The minimum absolute atomic E-state index is 0.0440. The van der Waals surface area contributed by atoms with E-state index in [9.17, 15) is 20.0 Å². The monoisotopic (exact) mass is 572 g/mol. The number of rotatable bonds is 6. The number of aromatic nitrogens is 1. The van der Waals surface area contributed by atoms with Crippen molar-refractivity contribution in [1.82, 2.24) is 4.98 Å².